The molecule has 66 valence electrons. The van der Waals surface area contributed by atoms with E-state index in [0.717, 1.165) is 6.42 Å². The summed E-state index contributed by atoms with van der Waals surface area (Å²) in [6.07, 6.45) is 1.03. The first-order valence-corrected chi connectivity index (χ1v) is 4.53. The maximum Gasteiger partial charge on any atom is 1.00 e. The molecule has 0 saturated carbocycles. The zero-order valence-electron chi connectivity index (χ0n) is 9.48. The van der Waals surface area contributed by atoms with Crippen LogP contribution in [0.3, 0.4) is 0 Å². The van der Waals surface area contributed by atoms with E-state index in [1.165, 1.54) is 11.1 Å². The molecule has 14 heavy (non-hydrogen) atoms. The monoisotopic (exact) mass is 176 g/mol. The van der Waals surface area contributed by atoms with Crippen LogP contribution in [0.4, 0.5) is 0 Å². The predicted molar refractivity (Wildman–Crippen MR) is 56.8 cm³/mol. The molecule has 0 aliphatic carbocycles. The third-order valence-electron chi connectivity index (χ3n) is 2.09. The Labute approximate surface area is 98.6 Å². The van der Waals surface area contributed by atoms with Crippen LogP contribution >= 0.6 is 0 Å². The van der Waals surface area contributed by atoms with Gasteiger partial charge in [0.2, 0.25) is 0 Å². The quantitative estimate of drug-likeness (QED) is 0.581. The van der Waals surface area contributed by atoms with Gasteiger partial charge in [-0.3, -0.25) is 0 Å². The molecule has 0 spiro atoms. The van der Waals surface area contributed by atoms with Crippen LogP contribution in [-0.4, -0.2) is 0 Å². The second-order valence-electron chi connectivity index (χ2n) is 3.15. The van der Waals surface area contributed by atoms with E-state index in [1.54, 1.807) is 0 Å². The minimum atomic E-state index is 0. The van der Waals surface area contributed by atoms with Crippen molar-refractivity contribution in [1.82, 2.24) is 0 Å². The summed E-state index contributed by atoms with van der Waals surface area (Å²) >= 11 is 0. The summed E-state index contributed by atoms with van der Waals surface area (Å²) in [6.45, 7) is 0. The van der Waals surface area contributed by atoms with Gasteiger partial charge in [0.05, 0.1) is 0 Å². The fraction of sp³-hybridized carbons (Fsp3) is 0.0769. The third kappa shape index (κ3) is 3.07. The van der Waals surface area contributed by atoms with Gasteiger partial charge in [-0.25, -0.2) is 0 Å². The second kappa shape index (κ2) is 5.70. The molecule has 0 unspecified atom stereocenters. The fourth-order valence-electron chi connectivity index (χ4n) is 1.43. The van der Waals surface area contributed by atoms with Crippen molar-refractivity contribution in [3.8, 4) is 0 Å². The summed E-state index contributed by atoms with van der Waals surface area (Å²) in [5.74, 6) is 0. The van der Waals surface area contributed by atoms with Crippen LogP contribution in [0.5, 0.6) is 0 Å². The van der Waals surface area contributed by atoms with Crippen molar-refractivity contribution in [2.45, 2.75) is 6.42 Å². The molecule has 0 bridgehead atoms. The van der Waals surface area contributed by atoms with Gasteiger partial charge in [0, 0.05) is 0 Å². The maximum absolute atomic E-state index is 2.16. The molecule has 0 heterocycles. The van der Waals surface area contributed by atoms with Crippen LogP contribution in [-0.2, 0) is 6.42 Å². The number of rotatable bonds is 2. The van der Waals surface area contributed by atoms with Crippen LogP contribution < -0.4 is 18.9 Å². The standard InChI is InChI=1S/C13H12.Li.H/c1-3-7-12(8-4-1)11-13-9-5-2-6-10-13;;/h1-10H,11H2;;/q;+1;-1. The average molecular weight is 176 g/mol. The molecule has 0 aromatic heterocycles. The summed E-state index contributed by atoms with van der Waals surface area (Å²) < 4.78 is 0. The zero-order valence-corrected chi connectivity index (χ0v) is 8.48. The van der Waals surface area contributed by atoms with Gasteiger partial charge < -0.3 is 1.43 Å². The molecular formula is C13H13Li. The van der Waals surface area contributed by atoms with Gasteiger partial charge in [-0.15, -0.1) is 0 Å². The Hall–Kier alpha value is -0.963. The van der Waals surface area contributed by atoms with Crippen LogP contribution in [0.15, 0.2) is 60.7 Å². The maximum atomic E-state index is 2.16. The molecule has 0 aliphatic heterocycles. The van der Waals surface area contributed by atoms with Crippen molar-refractivity contribution < 1.29 is 20.3 Å². The Balaban J connectivity index is 0.000000980. The minimum absolute atomic E-state index is 0. The topological polar surface area (TPSA) is 0 Å². The Kier molecular flexibility index (Phi) is 4.53. The summed E-state index contributed by atoms with van der Waals surface area (Å²) in [4.78, 5) is 0. The van der Waals surface area contributed by atoms with E-state index in [0.29, 0.717) is 0 Å². The minimum Gasteiger partial charge on any atom is -1.00 e. The molecule has 0 aliphatic rings. The molecule has 0 radical (unpaired) electrons. The molecule has 2 aromatic carbocycles. The van der Waals surface area contributed by atoms with E-state index < -0.39 is 0 Å². The van der Waals surface area contributed by atoms with E-state index >= 15 is 0 Å². The second-order valence-corrected chi connectivity index (χ2v) is 3.15. The Morgan fingerprint density at radius 2 is 1.00 bits per heavy atom. The van der Waals surface area contributed by atoms with Crippen molar-refractivity contribution in [3.05, 3.63) is 71.8 Å². The van der Waals surface area contributed by atoms with Gasteiger partial charge in [0.25, 0.3) is 0 Å². The smallest absolute Gasteiger partial charge is 1.00 e. The molecule has 0 fully saturated rings. The molecule has 0 amide bonds. The molecule has 2 aromatic rings. The average Bonchev–Trinajstić information content (AvgIpc) is 2.21. The van der Waals surface area contributed by atoms with Crippen molar-refractivity contribution >= 4 is 0 Å². The van der Waals surface area contributed by atoms with Gasteiger partial charge in [-0.1, -0.05) is 60.7 Å². The molecule has 1 heteroatoms. The van der Waals surface area contributed by atoms with Crippen molar-refractivity contribution in [2.24, 2.45) is 0 Å². The van der Waals surface area contributed by atoms with Gasteiger partial charge >= 0.3 is 18.9 Å². The van der Waals surface area contributed by atoms with E-state index in [-0.39, 0.29) is 20.3 Å². The first-order valence-electron chi connectivity index (χ1n) is 4.53. The summed E-state index contributed by atoms with van der Waals surface area (Å²) in [5.41, 5.74) is 2.74. The van der Waals surface area contributed by atoms with E-state index in [9.17, 15) is 0 Å². The fourth-order valence-corrected chi connectivity index (χ4v) is 1.43. The molecule has 0 saturated heterocycles. The van der Waals surface area contributed by atoms with E-state index in [1.807, 2.05) is 0 Å². The largest absolute Gasteiger partial charge is 1.00 e. The van der Waals surface area contributed by atoms with Crippen LogP contribution in [0.1, 0.15) is 12.6 Å². The van der Waals surface area contributed by atoms with Crippen LogP contribution in [0, 0.1) is 0 Å². The SMILES string of the molecule is [H-].[Li+].c1ccc(Cc2ccccc2)cc1. The number of hydrogen-bond acceptors (Lipinski definition) is 0. The molecule has 2 rings (SSSR count). The molecule has 0 nitrogen and oxygen atoms in total. The Morgan fingerprint density at radius 1 is 0.643 bits per heavy atom. The van der Waals surface area contributed by atoms with E-state index in [4.69, 9.17) is 0 Å². The number of benzene rings is 2. The van der Waals surface area contributed by atoms with Crippen LogP contribution in [0.25, 0.3) is 0 Å². The van der Waals surface area contributed by atoms with Gasteiger partial charge in [0.15, 0.2) is 0 Å². The molecule has 0 atom stereocenters. The summed E-state index contributed by atoms with van der Waals surface area (Å²) in [6, 6.07) is 21.1. The van der Waals surface area contributed by atoms with Gasteiger partial charge in [-0.05, 0) is 17.5 Å². The molecular weight excluding hydrogens is 163 g/mol. The zero-order chi connectivity index (χ0) is 8.93. The molecule has 0 N–H and O–H groups in total. The first-order chi connectivity index (χ1) is 6.45. The van der Waals surface area contributed by atoms with Crippen molar-refractivity contribution in [2.75, 3.05) is 0 Å². The number of hydrogen-bond donors (Lipinski definition) is 0. The van der Waals surface area contributed by atoms with Crippen molar-refractivity contribution in [1.29, 1.82) is 0 Å². The summed E-state index contributed by atoms with van der Waals surface area (Å²) in [7, 11) is 0. The van der Waals surface area contributed by atoms with Gasteiger partial charge in [-0.2, -0.15) is 0 Å². The predicted octanol–water partition coefficient (Wildman–Crippen LogP) is 0.394. The van der Waals surface area contributed by atoms with E-state index in [2.05, 4.69) is 60.7 Å². The first kappa shape index (κ1) is 11.1. The Morgan fingerprint density at radius 3 is 1.36 bits per heavy atom. The van der Waals surface area contributed by atoms with Crippen LogP contribution in [0.2, 0.25) is 0 Å². The third-order valence-corrected chi connectivity index (χ3v) is 2.09. The Bertz CT molecular complexity index is 321. The normalized spacial score (nSPS) is 9.14. The van der Waals surface area contributed by atoms with Crippen molar-refractivity contribution in [3.63, 3.8) is 0 Å². The van der Waals surface area contributed by atoms with Gasteiger partial charge in [0.1, 0.15) is 0 Å². The summed E-state index contributed by atoms with van der Waals surface area (Å²) in [5, 5.41) is 0.